The number of rotatable bonds is 7. The first-order valence-electron chi connectivity index (χ1n) is 8.91. The summed E-state index contributed by atoms with van der Waals surface area (Å²) < 4.78 is 9.59. The molecule has 1 heterocycles. The molecule has 1 aromatic heterocycles. The van der Waals surface area contributed by atoms with Gasteiger partial charge in [-0.1, -0.05) is 34.1 Å². The molecule has 0 aliphatic rings. The Kier molecular flexibility index (Phi) is 6.91. The molecule has 0 atom stereocenters. The second-order valence-corrected chi connectivity index (χ2v) is 8.13. The van der Waals surface area contributed by atoms with Gasteiger partial charge in [-0.2, -0.15) is 5.10 Å². The van der Waals surface area contributed by atoms with E-state index in [4.69, 9.17) is 4.74 Å². The quantitative estimate of drug-likeness (QED) is 0.438. The van der Waals surface area contributed by atoms with Crippen LogP contribution in [-0.4, -0.2) is 27.6 Å². The molecule has 1 amide bonds. The number of aromatic nitrogens is 2. The van der Waals surface area contributed by atoms with Gasteiger partial charge >= 0.3 is 0 Å². The fraction of sp³-hybridized carbons (Fsp3) is 0.238. The van der Waals surface area contributed by atoms with Crippen LogP contribution in [0.15, 0.2) is 63.7 Å². The van der Waals surface area contributed by atoms with Gasteiger partial charge in [0.25, 0.3) is 5.91 Å². The smallest absolute Gasteiger partial charge is 0.253 e. The molecule has 0 aliphatic heterocycles. The fourth-order valence-electron chi connectivity index (χ4n) is 2.85. The summed E-state index contributed by atoms with van der Waals surface area (Å²) in [6, 6.07) is 15.2. The first-order valence-corrected chi connectivity index (χ1v) is 10.5. The Balaban J connectivity index is 1.68. The van der Waals surface area contributed by atoms with E-state index in [1.807, 2.05) is 60.1 Å². The lowest BCUT2D eigenvalue weighted by Gasteiger charge is -2.19. The van der Waals surface area contributed by atoms with Gasteiger partial charge in [-0.25, -0.2) is 0 Å². The van der Waals surface area contributed by atoms with E-state index >= 15 is 0 Å². The maximum Gasteiger partial charge on any atom is 0.253 e. The summed E-state index contributed by atoms with van der Waals surface area (Å²) in [5.74, 6) is 0.737. The van der Waals surface area contributed by atoms with Crippen LogP contribution in [0.5, 0.6) is 5.75 Å². The second kappa shape index (κ2) is 9.39. The van der Waals surface area contributed by atoms with Crippen LogP contribution in [0, 0.1) is 0 Å². The zero-order valence-corrected chi connectivity index (χ0v) is 18.9. The van der Waals surface area contributed by atoms with E-state index in [0.29, 0.717) is 18.7 Å². The van der Waals surface area contributed by atoms with E-state index in [1.54, 1.807) is 18.1 Å². The molecular weight excluding hydrogens is 486 g/mol. The van der Waals surface area contributed by atoms with Crippen molar-refractivity contribution >= 4 is 37.8 Å². The third-order valence-electron chi connectivity index (χ3n) is 4.31. The number of benzene rings is 2. The molecule has 0 saturated carbocycles. The minimum absolute atomic E-state index is 0.0416. The lowest BCUT2D eigenvalue weighted by Crippen LogP contribution is -2.27. The summed E-state index contributed by atoms with van der Waals surface area (Å²) in [5.41, 5.74) is 2.56. The van der Waals surface area contributed by atoms with Crippen molar-refractivity contribution in [2.45, 2.75) is 26.6 Å². The zero-order valence-electron chi connectivity index (χ0n) is 15.7. The van der Waals surface area contributed by atoms with Crippen molar-refractivity contribution in [1.82, 2.24) is 14.7 Å². The number of hydrogen-bond acceptors (Lipinski definition) is 3. The number of aryl methyl sites for hydroxylation is 1. The molecular formula is C21H21Br2N3O2. The summed E-state index contributed by atoms with van der Waals surface area (Å²) in [6.45, 7) is 3.66. The van der Waals surface area contributed by atoms with E-state index in [0.717, 1.165) is 32.5 Å². The Hall–Kier alpha value is -2.12. The standard InChI is InChI=1S/C21H21Br2N3O2/c1-3-26-20(19(23)12-24-26)13-25(2)21(27)16-7-4-6-15(10-16)14-28-18-9-5-8-17(22)11-18/h4-12H,3,13-14H2,1-2H3. The van der Waals surface area contributed by atoms with Gasteiger partial charge in [0.15, 0.2) is 0 Å². The van der Waals surface area contributed by atoms with Gasteiger partial charge in [-0.3, -0.25) is 9.48 Å². The number of carbonyl (C=O) groups excluding carboxylic acids is 1. The minimum Gasteiger partial charge on any atom is -0.489 e. The number of amides is 1. The number of nitrogens with zero attached hydrogens (tertiary/aromatic N) is 3. The lowest BCUT2D eigenvalue weighted by molar-refractivity contribution is 0.0781. The van der Waals surface area contributed by atoms with Gasteiger partial charge in [0.1, 0.15) is 12.4 Å². The van der Waals surface area contributed by atoms with E-state index in [-0.39, 0.29) is 5.91 Å². The van der Waals surface area contributed by atoms with Gasteiger partial charge < -0.3 is 9.64 Å². The summed E-state index contributed by atoms with van der Waals surface area (Å²) >= 11 is 6.94. The van der Waals surface area contributed by atoms with Crippen molar-refractivity contribution in [1.29, 1.82) is 0 Å². The van der Waals surface area contributed by atoms with Crippen molar-refractivity contribution in [2.24, 2.45) is 0 Å². The minimum atomic E-state index is -0.0416. The van der Waals surface area contributed by atoms with E-state index in [2.05, 4.69) is 37.0 Å². The van der Waals surface area contributed by atoms with Gasteiger partial charge in [0.2, 0.25) is 0 Å². The SMILES string of the molecule is CCn1ncc(Br)c1CN(C)C(=O)c1cccc(COc2cccc(Br)c2)c1. The molecule has 2 aromatic carbocycles. The van der Waals surface area contributed by atoms with Crippen molar-refractivity contribution < 1.29 is 9.53 Å². The molecule has 0 fully saturated rings. The molecule has 0 aliphatic carbocycles. The highest BCUT2D eigenvalue weighted by Crippen LogP contribution is 2.21. The molecule has 3 rings (SSSR count). The van der Waals surface area contributed by atoms with Crippen LogP contribution in [0.1, 0.15) is 28.5 Å². The third-order valence-corrected chi connectivity index (χ3v) is 5.46. The topological polar surface area (TPSA) is 47.4 Å². The second-order valence-electron chi connectivity index (χ2n) is 6.36. The van der Waals surface area contributed by atoms with Gasteiger partial charge in [0, 0.05) is 23.6 Å². The monoisotopic (exact) mass is 505 g/mol. The van der Waals surface area contributed by atoms with Crippen molar-refractivity contribution in [3.8, 4) is 5.75 Å². The highest BCUT2D eigenvalue weighted by Gasteiger charge is 2.16. The van der Waals surface area contributed by atoms with Crippen molar-refractivity contribution in [2.75, 3.05) is 7.05 Å². The Morgan fingerprint density at radius 1 is 1.18 bits per heavy atom. The van der Waals surface area contributed by atoms with Gasteiger partial charge in [-0.05, 0) is 58.7 Å². The van der Waals surface area contributed by atoms with Crippen LogP contribution in [0.2, 0.25) is 0 Å². The van der Waals surface area contributed by atoms with Gasteiger partial charge in [-0.15, -0.1) is 0 Å². The maximum atomic E-state index is 12.9. The van der Waals surface area contributed by atoms with Crippen molar-refractivity contribution in [3.05, 3.63) is 80.5 Å². The predicted molar refractivity (Wildman–Crippen MR) is 116 cm³/mol. The highest BCUT2D eigenvalue weighted by atomic mass is 79.9. The summed E-state index contributed by atoms with van der Waals surface area (Å²) in [5, 5.41) is 4.30. The molecule has 0 radical (unpaired) electrons. The molecule has 0 saturated heterocycles. The zero-order chi connectivity index (χ0) is 20.1. The van der Waals surface area contributed by atoms with Crippen LogP contribution in [0.3, 0.4) is 0 Å². The fourth-order valence-corrected chi connectivity index (χ4v) is 3.65. The molecule has 146 valence electrons. The average molecular weight is 507 g/mol. The highest BCUT2D eigenvalue weighted by molar-refractivity contribution is 9.10. The molecule has 0 bridgehead atoms. The average Bonchev–Trinajstić information content (AvgIpc) is 3.05. The van der Waals surface area contributed by atoms with E-state index < -0.39 is 0 Å². The lowest BCUT2D eigenvalue weighted by atomic mass is 10.1. The molecule has 0 N–H and O–H groups in total. The number of halogens is 2. The van der Waals surface area contributed by atoms with Gasteiger partial charge in [0.05, 0.1) is 22.9 Å². The molecule has 3 aromatic rings. The summed E-state index contributed by atoms with van der Waals surface area (Å²) in [7, 11) is 1.80. The molecule has 28 heavy (non-hydrogen) atoms. The van der Waals surface area contributed by atoms with Crippen LogP contribution < -0.4 is 4.74 Å². The predicted octanol–water partition coefficient (Wildman–Crippen LogP) is 5.28. The van der Waals surface area contributed by atoms with E-state index in [9.17, 15) is 4.79 Å². The van der Waals surface area contributed by atoms with E-state index in [1.165, 1.54) is 0 Å². The largest absolute Gasteiger partial charge is 0.489 e. The molecule has 0 spiro atoms. The normalized spacial score (nSPS) is 10.7. The summed E-state index contributed by atoms with van der Waals surface area (Å²) in [6.07, 6.45) is 1.76. The Labute approximate surface area is 181 Å². The van der Waals surface area contributed by atoms with Crippen LogP contribution in [0.25, 0.3) is 0 Å². The molecule has 0 unspecified atom stereocenters. The third kappa shape index (κ3) is 5.02. The number of hydrogen-bond donors (Lipinski definition) is 0. The molecule has 7 heteroatoms. The number of ether oxygens (including phenoxy) is 1. The van der Waals surface area contributed by atoms with Crippen LogP contribution in [0.4, 0.5) is 0 Å². The van der Waals surface area contributed by atoms with Crippen LogP contribution in [-0.2, 0) is 19.7 Å². The Morgan fingerprint density at radius 3 is 2.71 bits per heavy atom. The van der Waals surface area contributed by atoms with Crippen LogP contribution >= 0.6 is 31.9 Å². The maximum absolute atomic E-state index is 12.9. The Morgan fingerprint density at radius 2 is 1.96 bits per heavy atom. The van der Waals surface area contributed by atoms with Crippen molar-refractivity contribution in [3.63, 3.8) is 0 Å². The number of carbonyl (C=O) groups is 1. The molecule has 5 nitrogen and oxygen atoms in total. The summed E-state index contributed by atoms with van der Waals surface area (Å²) in [4.78, 5) is 14.6. The Bertz CT molecular complexity index is 972. The first-order chi connectivity index (χ1) is 13.5. The first kappa shape index (κ1) is 20.6.